The average Bonchev–Trinajstić information content (AvgIpc) is 2.76. The Morgan fingerprint density at radius 1 is 1.03 bits per heavy atom. The molecule has 5 atom stereocenters. The van der Waals surface area contributed by atoms with Crippen LogP contribution in [0.3, 0.4) is 0 Å². The fourth-order valence-electron chi connectivity index (χ4n) is 3.18. The van der Waals surface area contributed by atoms with Gasteiger partial charge in [0.25, 0.3) is 0 Å². The maximum absolute atomic E-state index is 11.5. The Labute approximate surface area is 167 Å². The summed E-state index contributed by atoms with van der Waals surface area (Å²) in [5, 5.41) is 39.5. The van der Waals surface area contributed by atoms with Gasteiger partial charge in [-0.25, -0.2) is 4.79 Å². The number of rotatable bonds is 6. The summed E-state index contributed by atoms with van der Waals surface area (Å²) in [7, 11) is 1.32. The number of hydrogen-bond acceptors (Lipinski definition) is 8. The van der Waals surface area contributed by atoms with Crippen LogP contribution in [0.4, 0.5) is 0 Å². The summed E-state index contributed by atoms with van der Waals surface area (Å²) in [5.41, 5.74) is 1.83. The maximum atomic E-state index is 11.5. The number of benzene rings is 2. The molecule has 156 valence electrons. The number of esters is 1. The van der Waals surface area contributed by atoms with Crippen LogP contribution in [0.25, 0.3) is 0 Å². The van der Waals surface area contributed by atoms with Gasteiger partial charge in [0.1, 0.15) is 42.9 Å². The maximum Gasteiger partial charge on any atom is 0.337 e. The Kier molecular flexibility index (Phi) is 6.83. The van der Waals surface area contributed by atoms with Gasteiger partial charge in [0.15, 0.2) is 0 Å². The van der Waals surface area contributed by atoms with Crippen molar-refractivity contribution in [1.82, 2.24) is 0 Å². The molecule has 0 saturated carbocycles. The monoisotopic (exact) mass is 404 g/mol. The first-order valence-electron chi connectivity index (χ1n) is 9.15. The number of aliphatic hydroxyl groups excluding tert-OH is 4. The van der Waals surface area contributed by atoms with Crippen molar-refractivity contribution in [3.63, 3.8) is 0 Å². The highest BCUT2D eigenvalue weighted by atomic mass is 16.5. The zero-order chi connectivity index (χ0) is 21.0. The van der Waals surface area contributed by atoms with E-state index in [1.807, 2.05) is 0 Å². The van der Waals surface area contributed by atoms with E-state index in [9.17, 15) is 25.2 Å². The van der Waals surface area contributed by atoms with Gasteiger partial charge in [0.2, 0.25) is 0 Å². The second-order valence-corrected chi connectivity index (χ2v) is 6.80. The fourth-order valence-corrected chi connectivity index (χ4v) is 3.18. The average molecular weight is 404 g/mol. The topological polar surface area (TPSA) is 126 Å². The van der Waals surface area contributed by atoms with Crippen molar-refractivity contribution in [3.8, 4) is 5.75 Å². The molecule has 0 spiro atoms. The van der Waals surface area contributed by atoms with Crippen LogP contribution in [0.15, 0.2) is 48.5 Å². The summed E-state index contributed by atoms with van der Waals surface area (Å²) in [6.45, 7) is -0.237. The minimum Gasteiger partial charge on any atom is -0.489 e. The van der Waals surface area contributed by atoms with Crippen LogP contribution in [-0.4, -0.2) is 64.5 Å². The standard InChI is InChI=1S/C21H24O8/c1-27-21(26)13-7-5-12(6-8-13)11-28-15-4-2-3-14(9-15)20-19(25)18(24)17(23)16(10-22)29-20/h2-9,16-20,22-25H,10-11H2,1H3/t16?,17-,18?,19?,20-/m1/s1. The highest BCUT2D eigenvalue weighted by Crippen LogP contribution is 2.33. The van der Waals surface area contributed by atoms with Crippen molar-refractivity contribution in [2.24, 2.45) is 0 Å². The van der Waals surface area contributed by atoms with Gasteiger partial charge in [-0.05, 0) is 35.4 Å². The second kappa shape index (κ2) is 9.34. The van der Waals surface area contributed by atoms with E-state index in [1.54, 1.807) is 48.5 Å². The molecule has 29 heavy (non-hydrogen) atoms. The molecule has 3 unspecified atom stereocenters. The van der Waals surface area contributed by atoms with Crippen LogP contribution < -0.4 is 4.74 Å². The predicted molar refractivity (Wildman–Crippen MR) is 101 cm³/mol. The molecule has 1 aliphatic rings. The number of hydrogen-bond donors (Lipinski definition) is 4. The molecule has 1 aliphatic heterocycles. The van der Waals surface area contributed by atoms with E-state index in [1.165, 1.54) is 7.11 Å². The van der Waals surface area contributed by atoms with Gasteiger partial charge in [-0.2, -0.15) is 0 Å². The lowest BCUT2D eigenvalue weighted by Crippen LogP contribution is -2.55. The summed E-state index contributed by atoms with van der Waals surface area (Å²) in [5.74, 6) is 0.0983. The quantitative estimate of drug-likeness (QED) is 0.515. The molecule has 4 N–H and O–H groups in total. The third-order valence-corrected chi connectivity index (χ3v) is 4.86. The van der Waals surface area contributed by atoms with Gasteiger partial charge in [-0.1, -0.05) is 24.3 Å². The molecule has 1 fully saturated rings. The molecule has 0 aromatic heterocycles. The van der Waals surface area contributed by atoms with E-state index < -0.39 is 43.1 Å². The number of carbonyl (C=O) groups excluding carboxylic acids is 1. The molecule has 8 nitrogen and oxygen atoms in total. The lowest BCUT2D eigenvalue weighted by atomic mass is 9.91. The van der Waals surface area contributed by atoms with Crippen LogP contribution in [0.1, 0.15) is 27.6 Å². The van der Waals surface area contributed by atoms with E-state index in [2.05, 4.69) is 4.74 Å². The zero-order valence-electron chi connectivity index (χ0n) is 15.8. The Balaban J connectivity index is 1.68. The molecule has 0 bridgehead atoms. The predicted octanol–water partition coefficient (Wildman–Crippen LogP) is 0.567. The third kappa shape index (κ3) is 4.75. The third-order valence-electron chi connectivity index (χ3n) is 4.86. The van der Waals surface area contributed by atoms with Gasteiger partial charge in [-0.3, -0.25) is 0 Å². The van der Waals surface area contributed by atoms with Crippen LogP contribution in [0.2, 0.25) is 0 Å². The lowest BCUT2D eigenvalue weighted by Gasteiger charge is -2.40. The molecular weight excluding hydrogens is 380 g/mol. The van der Waals surface area contributed by atoms with E-state index in [4.69, 9.17) is 9.47 Å². The Bertz CT molecular complexity index is 820. The summed E-state index contributed by atoms with van der Waals surface area (Å²) in [6, 6.07) is 13.6. The molecule has 1 saturated heterocycles. The van der Waals surface area contributed by atoms with E-state index in [-0.39, 0.29) is 6.61 Å². The summed E-state index contributed by atoms with van der Waals surface area (Å²) < 4.78 is 16.0. The fraction of sp³-hybridized carbons (Fsp3) is 0.381. The SMILES string of the molecule is COC(=O)c1ccc(COc2cccc([C@H]3OC(CO)[C@@H](O)C(O)C3O)c2)cc1. The van der Waals surface area contributed by atoms with Crippen molar-refractivity contribution in [2.45, 2.75) is 37.1 Å². The first-order chi connectivity index (χ1) is 13.9. The van der Waals surface area contributed by atoms with Crippen LogP contribution in [0, 0.1) is 0 Å². The van der Waals surface area contributed by atoms with Crippen molar-refractivity contribution in [2.75, 3.05) is 13.7 Å². The summed E-state index contributed by atoms with van der Waals surface area (Å²) in [6.07, 6.45) is -6.10. The first kappa shape index (κ1) is 21.2. The number of ether oxygens (including phenoxy) is 3. The van der Waals surface area contributed by atoms with E-state index in [0.717, 1.165) is 5.56 Å². The highest BCUT2D eigenvalue weighted by Gasteiger charge is 2.43. The molecule has 2 aromatic carbocycles. The second-order valence-electron chi connectivity index (χ2n) is 6.80. The van der Waals surface area contributed by atoms with Gasteiger partial charge in [-0.15, -0.1) is 0 Å². The largest absolute Gasteiger partial charge is 0.489 e. The number of methoxy groups -OCH3 is 1. The van der Waals surface area contributed by atoms with Gasteiger partial charge in [0.05, 0.1) is 19.3 Å². The van der Waals surface area contributed by atoms with Gasteiger partial charge < -0.3 is 34.6 Å². The van der Waals surface area contributed by atoms with Crippen LogP contribution in [-0.2, 0) is 16.1 Å². The van der Waals surface area contributed by atoms with Crippen molar-refractivity contribution < 1.29 is 39.4 Å². The van der Waals surface area contributed by atoms with Crippen molar-refractivity contribution >= 4 is 5.97 Å². The minimum atomic E-state index is -1.44. The Hall–Kier alpha value is -2.49. The van der Waals surface area contributed by atoms with E-state index >= 15 is 0 Å². The molecule has 8 heteroatoms. The van der Waals surface area contributed by atoms with Crippen LogP contribution in [0.5, 0.6) is 5.75 Å². The lowest BCUT2D eigenvalue weighted by molar-refractivity contribution is -0.231. The minimum absolute atomic E-state index is 0.250. The van der Waals surface area contributed by atoms with Crippen molar-refractivity contribution in [1.29, 1.82) is 0 Å². The zero-order valence-corrected chi connectivity index (χ0v) is 15.8. The summed E-state index contributed by atoms with van der Waals surface area (Å²) in [4.78, 5) is 11.5. The first-order valence-corrected chi connectivity index (χ1v) is 9.15. The van der Waals surface area contributed by atoms with Crippen molar-refractivity contribution in [3.05, 3.63) is 65.2 Å². The molecule has 3 rings (SSSR count). The van der Waals surface area contributed by atoms with Gasteiger partial charge in [0, 0.05) is 0 Å². The normalized spacial score (nSPS) is 26.7. The molecule has 0 amide bonds. The van der Waals surface area contributed by atoms with E-state index in [0.29, 0.717) is 16.9 Å². The van der Waals surface area contributed by atoms with Gasteiger partial charge >= 0.3 is 5.97 Å². The molecule has 2 aromatic rings. The summed E-state index contributed by atoms with van der Waals surface area (Å²) >= 11 is 0. The number of carbonyl (C=O) groups is 1. The molecule has 0 aliphatic carbocycles. The number of aliphatic hydroxyl groups is 4. The Morgan fingerprint density at radius 2 is 1.76 bits per heavy atom. The molecule has 1 heterocycles. The highest BCUT2D eigenvalue weighted by molar-refractivity contribution is 5.89. The smallest absolute Gasteiger partial charge is 0.337 e. The molecular formula is C21H24O8. The van der Waals surface area contributed by atoms with Crippen LogP contribution >= 0.6 is 0 Å². The molecule has 0 radical (unpaired) electrons. The Morgan fingerprint density at radius 3 is 2.41 bits per heavy atom.